The summed E-state index contributed by atoms with van der Waals surface area (Å²) < 4.78 is 0. The highest BCUT2D eigenvalue weighted by atomic mass is 32.1. The lowest BCUT2D eigenvalue weighted by Gasteiger charge is -2.25. The molecule has 2 aromatic heterocycles. The molecule has 2 fully saturated rings. The van der Waals surface area contributed by atoms with Crippen LogP contribution < -0.4 is 5.32 Å². The molecule has 0 saturated heterocycles. The Balaban J connectivity index is 1.76. The molecule has 0 bridgehead atoms. The zero-order valence-corrected chi connectivity index (χ0v) is 22.1. The van der Waals surface area contributed by atoms with Crippen LogP contribution in [0.2, 0.25) is 0 Å². The normalized spacial score (nSPS) is 18.2. The van der Waals surface area contributed by atoms with Gasteiger partial charge in [0.1, 0.15) is 5.82 Å². The molecule has 1 amide bonds. The average molecular weight is 469 g/mol. The summed E-state index contributed by atoms with van der Waals surface area (Å²) in [6, 6.07) is 2.44. The lowest BCUT2D eigenvalue weighted by atomic mass is 9.85. The van der Waals surface area contributed by atoms with E-state index in [0.29, 0.717) is 17.0 Å². The third-order valence-corrected chi connectivity index (χ3v) is 8.06. The Morgan fingerprint density at radius 2 is 1.64 bits per heavy atom. The summed E-state index contributed by atoms with van der Waals surface area (Å²) in [6.07, 6.45) is 10.7. The maximum Gasteiger partial charge on any atom is 0.280 e. The molecule has 0 aromatic carbocycles. The standard InChI is InChI=1S/C27H40N4OS/c1-26(2,3)21-16-20(30-25(31-21)27(4,5)6)22-19(15-17-11-8-7-9-12-17)29-24(33-22)23(32)28-18-13-10-14-18/h16-18H,7-15H2,1-6H3,(H,28,32). The minimum atomic E-state index is -0.158. The third kappa shape index (κ3) is 5.82. The van der Waals surface area contributed by atoms with E-state index >= 15 is 0 Å². The van der Waals surface area contributed by atoms with Crippen molar-refractivity contribution in [2.45, 2.75) is 116 Å². The molecule has 2 saturated carbocycles. The summed E-state index contributed by atoms with van der Waals surface area (Å²) in [7, 11) is 0. The van der Waals surface area contributed by atoms with Crippen LogP contribution in [-0.2, 0) is 17.3 Å². The Morgan fingerprint density at radius 3 is 2.21 bits per heavy atom. The second-order valence-corrected chi connectivity index (χ2v) is 13.1. The number of amides is 1. The first-order valence-corrected chi connectivity index (χ1v) is 13.5. The lowest BCUT2D eigenvalue weighted by Crippen LogP contribution is -2.39. The van der Waals surface area contributed by atoms with Crippen LogP contribution in [0.15, 0.2) is 6.07 Å². The highest BCUT2D eigenvalue weighted by molar-refractivity contribution is 7.17. The van der Waals surface area contributed by atoms with Crippen molar-refractivity contribution in [3.8, 4) is 10.6 Å². The van der Waals surface area contributed by atoms with Crippen molar-refractivity contribution in [3.05, 3.63) is 28.3 Å². The van der Waals surface area contributed by atoms with E-state index in [2.05, 4.69) is 52.9 Å². The van der Waals surface area contributed by atoms with E-state index in [9.17, 15) is 4.79 Å². The maximum atomic E-state index is 13.0. The van der Waals surface area contributed by atoms with Crippen molar-refractivity contribution in [3.63, 3.8) is 0 Å². The molecule has 6 heteroatoms. The molecule has 33 heavy (non-hydrogen) atoms. The third-order valence-electron chi connectivity index (χ3n) is 6.94. The van der Waals surface area contributed by atoms with Gasteiger partial charge in [0.25, 0.3) is 5.91 Å². The van der Waals surface area contributed by atoms with Crippen molar-refractivity contribution in [1.82, 2.24) is 20.3 Å². The summed E-state index contributed by atoms with van der Waals surface area (Å²) in [5.41, 5.74) is 2.76. The molecule has 0 radical (unpaired) electrons. The van der Waals surface area contributed by atoms with Gasteiger partial charge in [-0.2, -0.15) is 0 Å². The van der Waals surface area contributed by atoms with Crippen molar-refractivity contribution < 1.29 is 4.79 Å². The van der Waals surface area contributed by atoms with E-state index in [-0.39, 0.29) is 16.7 Å². The van der Waals surface area contributed by atoms with Gasteiger partial charge in [-0.1, -0.05) is 73.6 Å². The van der Waals surface area contributed by atoms with E-state index in [1.54, 1.807) is 0 Å². The fraction of sp³-hybridized carbons (Fsp3) is 0.704. The Kier molecular flexibility index (Phi) is 6.95. The molecule has 2 aliphatic rings. The van der Waals surface area contributed by atoms with Crippen LogP contribution in [0.4, 0.5) is 0 Å². The lowest BCUT2D eigenvalue weighted by molar-refractivity contribution is 0.0916. The fourth-order valence-corrected chi connectivity index (χ4v) is 5.49. The zero-order valence-electron chi connectivity index (χ0n) is 21.3. The van der Waals surface area contributed by atoms with Gasteiger partial charge in [-0.25, -0.2) is 15.0 Å². The minimum Gasteiger partial charge on any atom is -0.347 e. The molecule has 0 aliphatic heterocycles. The van der Waals surface area contributed by atoms with Crippen LogP contribution in [0.5, 0.6) is 0 Å². The predicted molar refractivity (Wildman–Crippen MR) is 136 cm³/mol. The summed E-state index contributed by atoms with van der Waals surface area (Å²) >= 11 is 1.51. The van der Waals surface area contributed by atoms with Crippen molar-refractivity contribution in [1.29, 1.82) is 0 Å². The number of nitrogens with zero attached hydrogens (tertiary/aromatic N) is 3. The molecule has 0 unspecified atom stereocenters. The van der Waals surface area contributed by atoms with Crippen LogP contribution >= 0.6 is 11.3 Å². The van der Waals surface area contributed by atoms with E-state index < -0.39 is 0 Å². The van der Waals surface area contributed by atoms with E-state index in [4.69, 9.17) is 15.0 Å². The van der Waals surface area contributed by atoms with Crippen LogP contribution in [0.1, 0.15) is 120 Å². The maximum absolute atomic E-state index is 13.0. The second-order valence-electron chi connectivity index (χ2n) is 12.1. The van der Waals surface area contributed by atoms with Gasteiger partial charge in [0.15, 0.2) is 5.01 Å². The number of carbonyl (C=O) groups excluding carboxylic acids is 1. The summed E-state index contributed by atoms with van der Waals surface area (Å²) in [6.45, 7) is 13.1. The number of hydrogen-bond acceptors (Lipinski definition) is 5. The highest BCUT2D eigenvalue weighted by Gasteiger charge is 2.28. The van der Waals surface area contributed by atoms with Gasteiger partial charge in [0.2, 0.25) is 0 Å². The van der Waals surface area contributed by atoms with Crippen molar-refractivity contribution in [2.24, 2.45) is 5.92 Å². The molecule has 180 valence electrons. The molecule has 0 spiro atoms. The largest absolute Gasteiger partial charge is 0.347 e. The van der Waals surface area contributed by atoms with E-state index in [0.717, 1.165) is 47.0 Å². The van der Waals surface area contributed by atoms with E-state index in [1.165, 1.54) is 49.9 Å². The van der Waals surface area contributed by atoms with Gasteiger partial charge in [0.05, 0.1) is 22.0 Å². The Labute approximate surface area is 203 Å². The second kappa shape index (κ2) is 9.44. The SMILES string of the molecule is CC(C)(C)c1cc(-c2sc(C(=O)NC3CCC3)nc2CC2CCCCC2)nc(C(C)(C)C)n1. The molecule has 1 N–H and O–H groups in total. The molecular weight excluding hydrogens is 428 g/mol. The molecule has 4 rings (SSSR count). The van der Waals surface area contributed by atoms with Gasteiger partial charge in [-0.3, -0.25) is 4.79 Å². The van der Waals surface area contributed by atoms with Gasteiger partial charge in [0, 0.05) is 16.9 Å². The number of carbonyl (C=O) groups is 1. The number of thiazole rings is 1. The van der Waals surface area contributed by atoms with Gasteiger partial charge in [-0.05, 0) is 37.7 Å². The number of hydrogen-bond donors (Lipinski definition) is 1. The molecule has 2 heterocycles. The topological polar surface area (TPSA) is 67.8 Å². The molecule has 5 nitrogen and oxygen atoms in total. The van der Waals surface area contributed by atoms with Crippen LogP contribution in [-0.4, -0.2) is 26.9 Å². The van der Waals surface area contributed by atoms with Crippen LogP contribution in [0, 0.1) is 5.92 Å². The van der Waals surface area contributed by atoms with Crippen LogP contribution in [0.3, 0.4) is 0 Å². The van der Waals surface area contributed by atoms with Crippen molar-refractivity contribution >= 4 is 17.2 Å². The fourth-order valence-electron chi connectivity index (χ4n) is 4.53. The first kappa shape index (κ1) is 24.3. The average Bonchev–Trinajstić information content (AvgIpc) is 3.13. The smallest absolute Gasteiger partial charge is 0.280 e. The van der Waals surface area contributed by atoms with Crippen molar-refractivity contribution in [2.75, 3.05) is 0 Å². The Bertz CT molecular complexity index is 956. The monoisotopic (exact) mass is 468 g/mol. The Morgan fingerprint density at radius 1 is 0.939 bits per heavy atom. The zero-order chi connectivity index (χ0) is 23.8. The van der Waals surface area contributed by atoms with Crippen LogP contribution in [0.25, 0.3) is 10.6 Å². The summed E-state index contributed by atoms with van der Waals surface area (Å²) in [5.74, 6) is 1.47. The predicted octanol–water partition coefficient (Wildman–Crippen LogP) is 6.60. The first-order valence-electron chi connectivity index (χ1n) is 12.7. The summed E-state index contributed by atoms with van der Waals surface area (Å²) in [5, 5.41) is 3.76. The molecular formula is C27H40N4OS. The minimum absolute atomic E-state index is 0.0259. The van der Waals surface area contributed by atoms with Gasteiger partial charge in [-0.15, -0.1) is 11.3 Å². The summed E-state index contributed by atoms with van der Waals surface area (Å²) in [4.78, 5) is 28.9. The van der Waals surface area contributed by atoms with Gasteiger partial charge < -0.3 is 5.32 Å². The van der Waals surface area contributed by atoms with E-state index in [1.807, 2.05) is 0 Å². The number of rotatable bonds is 5. The Hall–Kier alpha value is -1.82. The highest BCUT2D eigenvalue weighted by Crippen LogP contribution is 2.37. The molecule has 2 aliphatic carbocycles. The first-order chi connectivity index (χ1) is 15.5. The number of aromatic nitrogens is 3. The molecule has 0 atom stereocenters. The van der Waals surface area contributed by atoms with Gasteiger partial charge >= 0.3 is 0 Å². The number of nitrogens with one attached hydrogen (secondary N) is 1. The quantitative estimate of drug-likeness (QED) is 0.537. The molecule has 2 aromatic rings.